The van der Waals surface area contributed by atoms with Gasteiger partial charge in [0.15, 0.2) is 0 Å². The second kappa shape index (κ2) is 7.34. The molecule has 1 fully saturated rings. The van der Waals surface area contributed by atoms with Crippen molar-refractivity contribution in [3.63, 3.8) is 0 Å². The number of hydrogen-bond donors (Lipinski definition) is 0. The molecule has 7 nitrogen and oxygen atoms in total. The van der Waals surface area contributed by atoms with Crippen LogP contribution in [0.3, 0.4) is 0 Å². The number of benzene rings is 1. The van der Waals surface area contributed by atoms with Crippen molar-refractivity contribution < 1.29 is 9.53 Å². The molecule has 1 amide bonds. The zero-order valence-corrected chi connectivity index (χ0v) is 13.3. The topological polar surface area (TPSA) is 63.5 Å². The Morgan fingerprint density at radius 1 is 1.30 bits per heavy atom. The molecule has 0 N–H and O–H groups in total. The van der Waals surface area contributed by atoms with Crippen LogP contribution in [0.25, 0.3) is 5.69 Å². The van der Waals surface area contributed by atoms with Gasteiger partial charge < -0.3 is 9.64 Å². The molecule has 2 heterocycles. The number of carbonyl (C=O) groups excluding carboxylic acids is 1. The van der Waals surface area contributed by atoms with Crippen molar-refractivity contribution in [2.75, 3.05) is 46.4 Å². The molecule has 3 rings (SSSR count). The molecule has 0 bridgehead atoms. The van der Waals surface area contributed by atoms with E-state index >= 15 is 0 Å². The van der Waals surface area contributed by atoms with Gasteiger partial charge in [0.05, 0.1) is 36.9 Å². The molecule has 0 saturated carbocycles. The lowest BCUT2D eigenvalue weighted by Crippen LogP contribution is -2.42. The van der Waals surface area contributed by atoms with Crippen LogP contribution in [0.4, 0.5) is 0 Å². The summed E-state index contributed by atoms with van der Waals surface area (Å²) >= 11 is 0. The summed E-state index contributed by atoms with van der Waals surface area (Å²) in [6.45, 7) is 4.94. The van der Waals surface area contributed by atoms with Crippen LogP contribution < -0.4 is 0 Å². The monoisotopic (exact) mass is 315 g/mol. The zero-order chi connectivity index (χ0) is 16.1. The summed E-state index contributed by atoms with van der Waals surface area (Å²) in [5.74, 6) is -0.00985. The van der Waals surface area contributed by atoms with Crippen molar-refractivity contribution in [1.29, 1.82) is 0 Å². The third-order valence-electron chi connectivity index (χ3n) is 4.01. The first-order chi connectivity index (χ1) is 11.3. The van der Waals surface area contributed by atoms with E-state index in [9.17, 15) is 4.79 Å². The van der Waals surface area contributed by atoms with Crippen LogP contribution in [0.1, 0.15) is 10.4 Å². The summed E-state index contributed by atoms with van der Waals surface area (Å²) < 4.78 is 6.96. The van der Waals surface area contributed by atoms with Crippen LogP contribution in [-0.2, 0) is 4.74 Å². The largest absolute Gasteiger partial charge is 0.379 e. The van der Waals surface area contributed by atoms with Crippen LogP contribution in [0.5, 0.6) is 0 Å². The van der Waals surface area contributed by atoms with Crippen molar-refractivity contribution in [2.24, 2.45) is 0 Å². The SMILES string of the molecule is CN(CCN1CCOCC1)C(=O)c1ccccc1-n1ccnn1. The Labute approximate surface area is 135 Å². The van der Waals surface area contributed by atoms with E-state index in [2.05, 4.69) is 15.2 Å². The molecule has 122 valence electrons. The molecule has 0 aliphatic carbocycles. The van der Waals surface area contributed by atoms with Gasteiger partial charge in [-0.2, -0.15) is 0 Å². The van der Waals surface area contributed by atoms with Gasteiger partial charge in [-0.25, -0.2) is 4.68 Å². The molecular formula is C16H21N5O2. The predicted octanol–water partition coefficient (Wildman–Crippen LogP) is 0.671. The highest BCUT2D eigenvalue weighted by Gasteiger charge is 2.18. The molecule has 1 aromatic carbocycles. The first kappa shape index (κ1) is 15.6. The summed E-state index contributed by atoms with van der Waals surface area (Å²) in [7, 11) is 1.83. The Morgan fingerprint density at radius 3 is 2.83 bits per heavy atom. The van der Waals surface area contributed by atoms with Gasteiger partial charge in [0.2, 0.25) is 0 Å². The van der Waals surface area contributed by atoms with Gasteiger partial charge in [-0.05, 0) is 12.1 Å². The molecule has 1 aliphatic heterocycles. The Balaban J connectivity index is 1.67. The average Bonchev–Trinajstić information content (AvgIpc) is 3.14. The number of nitrogens with zero attached hydrogens (tertiary/aromatic N) is 5. The van der Waals surface area contributed by atoms with Crippen molar-refractivity contribution in [2.45, 2.75) is 0 Å². The fraction of sp³-hybridized carbons (Fsp3) is 0.438. The van der Waals surface area contributed by atoms with E-state index in [4.69, 9.17) is 4.74 Å². The molecule has 0 spiro atoms. The van der Waals surface area contributed by atoms with Gasteiger partial charge in [0.1, 0.15) is 0 Å². The number of para-hydroxylation sites is 1. The second-order valence-electron chi connectivity index (χ2n) is 5.55. The Bertz CT molecular complexity index is 638. The molecule has 0 atom stereocenters. The number of carbonyl (C=O) groups is 1. The van der Waals surface area contributed by atoms with E-state index in [0.717, 1.165) is 38.5 Å². The number of likely N-dealkylation sites (N-methyl/N-ethyl adjacent to an activating group) is 1. The summed E-state index contributed by atoms with van der Waals surface area (Å²) in [5.41, 5.74) is 1.37. The lowest BCUT2D eigenvalue weighted by atomic mass is 10.1. The number of rotatable bonds is 5. The van der Waals surface area contributed by atoms with Crippen molar-refractivity contribution in [3.05, 3.63) is 42.2 Å². The molecule has 1 aliphatic rings. The fourth-order valence-corrected chi connectivity index (χ4v) is 2.61. The minimum Gasteiger partial charge on any atom is -0.379 e. The number of ether oxygens (including phenoxy) is 1. The Hall–Kier alpha value is -2.25. The van der Waals surface area contributed by atoms with Gasteiger partial charge in [-0.1, -0.05) is 17.3 Å². The van der Waals surface area contributed by atoms with Crippen LogP contribution in [0, 0.1) is 0 Å². The lowest BCUT2D eigenvalue weighted by molar-refractivity contribution is 0.0338. The quantitative estimate of drug-likeness (QED) is 0.811. The van der Waals surface area contributed by atoms with Gasteiger partial charge in [-0.15, -0.1) is 5.10 Å². The lowest BCUT2D eigenvalue weighted by Gasteiger charge is -2.28. The van der Waals surface area contributed by atoms with Crippen molar-refractivity contribution in [1.82, 2.24) is 24.8 Å². The second-order valence-corrected chi connectivity index (χ2v) is 5.55. The summed E-state index contributed by atoms with van der Waals surface area (Å²) in [6.07, 6.45) is 3.34. The Kier molecular flexibility index (Phi) is 4.99. The van der Waals surface area contributed by atoms with Crippen LogP contribution in [0.15, 0.2) is 36.7 Å². The standard InChI is InChI=1S/C16H21N5O2/c1-19(8-9-20-10-12-23-13-11-20)16(22)14-4-2-3-5-15(14)21-7-6-17-18-21/h2-7H,8-13H2,1H3. The highest BCUT2D eigenvalue weighted by atomic mass is 16.5. The first-order valence-electron chi connectivity index (χ1n) is 7.77. The molecule has 23 heavy (non-hydrogen) atoms. The summed E-state index contributed by atoms with van der Waals surface area (Å²) in [6, 6.07) is 7.45. The molecule has 1 aromatic heterocycles. The van der Waals surface area contributed by atoms with Crippen LogP contribution >= 0.6 is 0 Å². The van der Waals surface area contributed by atoms with E-state index < -0.39 is 0 Å². The predicted molar refractivity (Wildman–Crippen MR) is 85.6 cm³/mol. The Morgan fingerprint density at radius 2 is 2.09 bits per heavy atom. The van der Waals surface area contributed by atoms with E-state index in [-0.39, 0.29) is 5.91 Å². The minimum absolute atomic E-state index is 0.00985. The molecule has 0 unspecified atom stereocenters. The van der Waals surface area contributed by atoms with Gasteiger partial charge in [0.25, 0.3) is 5.91 Å². The maximum absolute atomic E-state index is 12.8. The zero-order valence-electron chi connectivity index (χ0n) is 13.3. The van der Waals surface area contributed by atoms with Gasteiger partial charge >= 0.3 is 0 Å². The molecule has 2 aromatic rings. The van der Waals surface area contributed by atoms with E-state index in [0.29, 0.717) is 12.1 Å². The van der Waals surface area contributed by atoms with E-state index in [1.807, 2.05) is 31.3 Å². The average molecular weight is 315 g/mol. The number of aromatic nitrogens is 3. The molecule has 7 heteroatoms. The van der Waals surface area contributed by atoms with E-state index in [1.54, 1.807) is 22.0 Å². The fourth-order valence-electron chi connectivity index (χ4n) is 2.61. The van der Waals surface area contributed by atoms with Gasteiger partial charge in [0, 0.05) is 33.2 Å². The van der Waals surface area contributed by atoms with Crippen LogP contribution in [0.2, 0.25) is 0 Å². The first-order valence-corrected chi connectivity index (χ1v) is 7.77. The summed E-state index contributed by atoms with van der Waals surface area (Å²) in [4.78, 5) is 16.8. The van der Waals surface area contributed by atoms with Crippen LogP contribution in [-0.4, -0.2) is 77.1 Å². The smallest absolute Gasteiger partial charge is 0.255 e. The number of amides is 1. The molecular weight excluding hydrogens is 294 g/mol. The third kappa shape index (κ3) is 3.75. The molecule has 0 radical (unpaired) electrons. The number of hydrogen-bond acceptors (Lipinski definition) is 5. The normalized spacial score (nSPS) is 15.5. The summed E-state index contributed by atoms with van der Waals surface area (Å²) in [5, 5.41) is 7.79. The highest BCUT2D eigenvalue weighted by molar-refractivity contribution is 5.97. The molecule has 1 saturated heterocycles. The van der Waals surface area contributed by atoms with E-state index in [1.165, 1.54) is 0 Å². The number of morpholine rings is 1. The maximum Gasteiger partial charge on any atom is 0.255 e. The maximum atomic E-state index is 12.8. The van der Waals surface area contributed by atoms with Crippen molar-refractivity contribution in [3.8, 4) is 5.69 Å². The van der Waals surface area contributed by atoms with Crippen molar-refractivity contribution >= 4 is 5.91 Å². The minimum atomic E-state index is -0.00985. The third-order valence-corrected chi connectivity index (χ3v) is 4.01. The van der Waals surface area contributed by atoms with Gasteiger partial charge in [-0.3, -0.25) is 9.69 Å². The highest BCUT2D eigenvalue weighted by Crippen LogP contribution is 2.15.